The molecule has 3 heterocycles. The normalized spacial score (nSPS) is 16.8. The molecule has 1 fully saturated rings. The third-order valence-electron chi connectivity index (χ3n) is 6.77. The van der Waals surface area contributed by atoms with Crippen LogP contribution in [0.25, 0.3) is 10.9 Å². The van der Waals surface area contributed by atoms with Gasteiger partial charge in [0.1, 0.15) is 0 Å². The van der Waals surface area contributed by atoms with Crippen molar-refractivity contribution in [3.8, 4) is 0 Å². The molecule has 4 aromatic rings. The quantitative estimate of drug-likeness (QED) is 0.394. The number of nitrogens with zero attached hydrogens (tertiary/aromatic N) is 5. The van der Waals surface area contributed by atoms with E-state index in [-0.39, 0.29) is 17.7 Å². The third-order valence-corrected chi connectivity index (χ3v) is 6.77. The van der Waals surface area contributed by atoms with Crippen molar-refractivity contribution in [1.29, 1.82) is 0 Å². The monoisotopic (exact) mass is 472 g/mol. The van der Waals surface area contributed by atoms with Crippen molar-refractivity contribution in [3.63, 3.8) is 0 Å². The Balaban J connectivity index is 1.49. The highest BCUT2D eigenvalue weighted by atomic mass is 16.5. The van der Waals surface area contributed by atoms with E-state index in [4.69, 9.17) is 4.74 Å². The molecule has 5 rings (SSSR count). The van der Waals surface area contributed by atoms with Gasteiger partial charge in [-0.25, -0.2) is 4.68 Å². The number of benzene rings is 2. The van der Waals surface area contributed by atoms with Gasteiger partial charge in [0.2, 0.25) is 0 Å². The minimum atomic E-state index is -0.0602. The zero-order chi connectivity index (χ0) is 24.2. The number of aromatic amines is 1. The summed E-state index contributed by atoms with van der Waals surface area (Å²) in [5, 5.41) is 13.8. The van der Waals surface area contributed by atoms with Crippen LogP contribution in [0.5, 0.6) is 0 Å². The van der Waals surface area contributed by atoms with E-state index in [1.807, 2.05) is 41.9 Å². The highest BCUT2D eigenvalue weighted by Crippen LogP contribution is 2.27. The van der Waals surface area contributed by atoms with Crippen molar-refractivity contribution >= 4 is 10.9 Å². The van der Waals surface area contributed by atoms with Gasteiger partial charge in [0.15, 0.2) is 5.82 Å². The van der Waals surface area contributed by atoms with Crippen molar-refractivity contribution in [3.05, 3.63) is 87.5 Å². The Morgan fingerprint density at radius 2 is 2.03 bits per heavy atom. The van der Waals surface area contributed by atoms with Gasteiger partial charge >= 0.3 is 0 Å². The van der Waals surface area contributed by atoms with Crippen LogP contribution in [-0.4, -0.2) is 42.8 Å². The SMILES string of the molecule is CC[C@H](c1nnnn1C[C@H]1CCCO1)N(Cc1ccccc1)Cc1cc2ccc(C)cc2[nH]c1=O. The van der Waals surface area contributed by atoms with Crippen LogP contribution in [0.1, 0.15) is 54.7 Å². The number of H-pyrrole nitrogens is 1. The second-order valence-corrected chi connectivity index (χ2v) is 9.38. The number of aryl methyl sites for hydroxylation is 1. The maximum absolute atomic E-state index is 13.1. The minimum Gasteiger partial charge on any atom is -0.376 e. The molecule has 0 aliphatic carbocycles. The van der Waals surface area contributed by atoms with E-state index in [2.05, 4.69) is 56.6 Å². The third kappa shape index (κ3) is 5.33. The zero-order valence-electron chi connectivity index (χ0n) is 20.4. The lowest BCUT2D eigenvalue weighted by atomic mass is 10.1. The standard InChI is InChI=1S/C27H32N6O2/c1-3-25(26-29-30-31-33(26)18-23-10-7-13-35-23)32(16-20-8-5-4-6-9-20)17-22-15-21-12-11-19(2)14-24(21)28-27(22)34/h4-6,8-9,11-12,14-15,23,25H,3,7,10,13,16-18H2,1-2H3,(H,28,34)/t23-,25-/m1/s1. The number of tetrazole rings is 1. The van der Waals surface area contributed by atoms with Crippen LogP contribution >= 0.6 is 0 Å². The summed E-state index contributed by atoms with van der Waals surface area (Å²) < 4.78 is 7.72. The van der Waals surface area contributed by atoms with Crippen molar-refractivity contribution in [2.24, 2.45) is 0 Å². The van der Waals surface area contributed by atoms with Crippen LogP contribution < -0.4 is 5.56 Å². The predicted molar refractivity (Wildman–Crippen MR) is 135 cm³/mol. The molecule has 0 bridgehead atoms. The number of hydrogen-bond acceptors (Lipinski definition) is 6. The number of hydrogen-bond donors (Lipinski definition) is 1. The first-order valence-corrected chi connectivity index (χ1v) is 12.4. The molecule has 0 unspecified atom stereocenters. The first-order valence-electron chi connectivity index (χ1n) is 12.4. The molecular weight excluding hydrogens is 440 g/mol. The second kappa shape index (κ2) is 10.5. The van der Waals surface area contributed by atoms with Gasteiger partial charge in [-0.15, -0.1) is 5.10 Å². The maximum Gasteiger partial charge on any atom is 0.252 e. The van der Waals surface area contributed by atoms with E-state index in [0.29, 0.717) is 19.6 Å². The van der Waals surface area contributed by atoms with Crippen molar-refractivity contribution in [2.75, 3.05) is 6.61 Å². The minimum absolute atomic E-state index is 0.0558. The molecule has 8 heteroatoms. The Hall–Kier alpha value is -3.36. The fourth-order valence-corrected chi connectivity index (χ4v) is 4.96. The summed E-state index contributed by atoms with van der Waals surface area (Å²) in [4.78, 5) is 18.5. The lowest BCUT2D eigenvalue weighted by Gasteiger charge is -2.30. The molecule has 1 aliphatic heterocycles. The van der Waals surface area contributed by atoms with Crippen molar-refractivity contribution in [2.45, 2.75) is 64.9 Å². The van der Waals surface area contributed by atoms with Crippen LogP contribution in [0.2, 0.25) is 0 Å². The number of rotatable bonds is 9. The molecule has 0 amide bonds. The first-order chi connectivity index (χ1) is 17.1. The van der Waals surface area contributed by atoms with Crippen molar-refractivity contribution < 1.29 is 4.74 Å². The first kappa shape index (κ1) is 23.4. The molecule has 1 N–H and O–H groups in total. The molecule has 2 atom stereocenters. The van der Waals surface area contributed by atoms with Gasteiger partial charge < -0.3 is 9.72 Å². The molecule has 0 saturated carbocycles. The molecular formula is C27H32N6O2. The van der Waals surface area contributed by atoms with Crippen LogP contribution in [0.15, 0.2) is 59.4 Å². The van der Waals surface area contributed by atoms with E-state index in [1.54, 1.807) is 0 Å². The second-order valence-electron chi connectivity index (χ2n) is 9.38. The van der Waals surface area contributed by atoms with Crippen LogP contribution in [0.3, 0.4) is 0 Å². The van der Waals surface area contributed by atoms with Gasteiger partial charge in [-0.2, -0.15) is 0 Å². The molecule has 2 aromatic carbocycles. The zero-order valence-corrected chi connectivity index (χ0v) is 20.4. The molecule has 1 saturated heterocycles. The maximum atomic E-state index is 13.1. The van der Waals surface area contributed by atoms with Crippen LogP contribution in [0, 0.1) is 6.92 Å². The van der Waals surface area contributed by atoms with Crippen molar-refractivity contribution in [1.82, 2.24) is 30.1 Å². The van der Waals surface area contributed by atoms with Crippen LogP contribution in [0.4, 0.5) is 0 Å². The van der Waals surface area contributed by atoms with Gasteiger partial charge in [0.05, 0.1) is 18.7 Å². The summed E-state index contributed by atoms with van der Waals surface area (Å²) in [7, 11) is 0. The van der Waals surface area contributed by atoms with E-state index in [1.165, 1.54) is 5.56 Å². The summed E-state index contributed by atoms with van der Waals surface area (Å²) in [6, 6.07) is 18.4. The smallest absolute Gasteiger partial charge is 0.252 e. The molecule has 0 spiro atoms. The number of pyridine rings is 1. The summed E-state index contributed by atoms with van der Waals surface area (Å²) in [5.74, 6) is 0.812. The highest BCUT2D eigenvalue weighted by molar-refractivity contribution is 5.79. The Morgan fingerprint density at radius 3 is 2.80 bits per heavy atom. The Kier molecular flexibility index (Phi) is 7.01. The molecule has 0 radical (unpaired) electrons. The number of nitrogens with one attached hydrogen (secondary N) is 1. The Labute approximate surface area is 204 Å². The summed E-state index contributed by atoms with van der Waals surface area (Å²) in [6.45, 7) is 6.77. The molecule has 1 aliphatic rings. The lowest BCUT2D eigenvalue weighted by molar-refractivity contribution is 0.0888. The summed E-state index contributed by atoms with van der Waals surface area (Å²) in [5.41, 5.74) is 3.83. The highest BCUT2D eigenvalue weighted by Gasteiger charge is 2.27. The fraction of sp³-hybridized carbons (Fsp3) is 0.407. The summed E-state index contributed by atoms with van der Waals surface area (Å²) in [6.07, 6.45) is 3.05. The fourth-order valence-electron chi connectivity index (χ4n) is 4.96. The average molecular weight is 473 g/mol. The Bertz CT molecular complexity index is 1330. The van der Waals surface area contributed by atoms with E-state index < -0.39 is 0 Å². The number of fused-ring (bicyclic) bond motifs is 1. The molecule has 35 heavy (non-hydrogen) atoms. The molecule has 8 nitrogen and oxygen atoms in total. The van der Waals surface area contributed by atoms with Gasteiger partial charge in [-0.05, 0) is 65.3 Å². The Morgan fingerprint density at radius 1 is 1.17 bits per heavy atom. The largest absolute Gasteiger partial charge is 0.376 e. The molecule has 2 aromatic heterocycles. The van der Waals surface area contributed by atoms with E-state index >= 15 is 0 Å². The van der Waals surface area contributed by atoms with Gasteiger partial charge in [0.25, 0.3) is 5.56 Å². The van der Waals surface area contributed by atoms with Gasteiger partial charge in [-0.1, -0.05) is 49.4 Å². The number of aromatic nitrogens is 5. The predicted octanol–water partition coefficient (Wildman–Crippen LogP) is 4.16. The average Bonchev–Trinajstić information content (AvgIpc) is 3.54. The van der Waals surface area contributed by atoms with E-state index in [0.717, 1.165) is 53.7 Å². The topological polar surface area (TPSA) is 88.9 Å². The molecule has 182 valence electrons. The van der Waals surface area contributed by atoms with Crippen LogP contribution in [-0.2, 0) is 24.4 Å². The lowest BCUT2D eigenvalue weighted by Crippen LogP contribution is -2.33. The van der Waals surface area contributed by atoms with Gasteiger partial charge in [-0.3, -0.25) is 9.69 Å². The number of ether oxygens (including phenoxy) is 1. The summed E-state index contributed by atoms with van der Waals surface area (Å²) >= 11 is 0. The van der Waals surface area contributed by atoms with E-state index in [9.17, 15) is 4.79 Å². The van der Waals surface area contributed by atoms with Gasteiger partial charge in [0, 0.05) is 30.8 Å².